The van der Waals surface area contributed by atoms with Gasteiger partial charge in [0.05, 0.1) is 0 Å². The smallest absolute Gasteiger partial charge is 0.159 e. The van der Waals surface area contributed by atoms with Crippen LogP contribution in [0.15, 0.2) is 0 Å². The van der Waals surface area contributed by atoms with Gasteiger partial charge in [-0.15, -0.1) is 0 Å². The maximum atomic E-state index is 8.68. The first-order chi connectivity index (χ1) is 5.85. The minimum atomic E-state index is -0.213. The molecule has 0 unspecified atom stereocenters. The monoisotopic (exact) mass is 176 g/mol. The Kier molecular flexibility index (Phi) is 8.88. The van der Waals surface area contributed by atoms with E-state index in [4.69, 9.17) is 14.6 Å². The molecule has 0 aliphatic carbocycles. The molecule has 1 N–H and O–H groups in total. The van der Waals surface area contributed by atoms with Gasteiger partial charge in [-0.3, -0.25) is 0 Å². The molecular formula is C9H20O3. The van der Waals surface area contributed by atoms with Crippen molar-refractivity contribution in [1.29, 1.82) is 0 Å². The van der Waals surface area contributed by atoms with Crippen LogP contribution in [0.2, 0.25) is 0 Å². The molecule has 0 aromatic rings. The minimum Gasteiger partial charge on any atom is -0.396 e. The number of hydrogen-bond donors (Lipinski definition) is 1. The van der Waals surface area contributed by atoms with E-state index in [9.17, 15) is 0 Å². The third-order valence-corrected chi connectivity index (χ3v) is 1.38. The summed E-state index contributed by atoms with van der Waals surface area (Å²) in [4.78, 5) is 0. The lowest BCUT2D eigenvalue weighted by Gasteiger charge is -2.16. The molecule has 12 heavy (non-hydrogen) atoms. The van der Waals surface area contributed by atoms with Crippen LogP contribution in [0.3, 0.4) is 0 Å². The zero-order valence-electron chi connectivity index (χ0n) is 8.08. The standard InChI is InChI=1S/C9H20O3/c1-3-7-11-9(5-6-10)12-8-4-2/h9-10H,3-8H2,1-2H3. The third kappa shape index (κ3) is 6.58. The summed E-state index contributed by atoms with van der Waals surface area (Å²) in [5.41, 5.74) is 0. The van der Waals surface area contributed by atoms with Gasteiger partial charge in [-0.1, -0.05) is 13.8 Å². The second kappa shape index (κ2) is 8.97. The fourth-order valence-corrected chi connectivity index (χ4v) is 0.819. The van der Waals surface area contributed by atoms with Crippen LogP contribution in [0.25, 0.3) is 0 Å². The van der Waals surface area contributed by atoms with Crippen molar-refractivity contribution in [2.24, 2.45) is 0 Å². The van der Waals surface area contributed by atoms with Crippen LogP contribution in [0.1, 0.15) is 33.1 Å². The molecule has 0 amide bonds. The Morgan fingerprint density at radius 1 is 1.08 bits per heavy atom. The summed E-state index contributed by atoms with van der Waals surface area (Å²) in [5.74, 6) is 0. The average molecular weight is 176 g/mol. The Bertz CT molecular complexity index is 77.8. The number of ether oxygens (including phenoxy) is 2. The van der Waals surface area contributed by atoms with E-state index in [-0.39, 0.29) is 12.9 Å². The zero-order chi connectivity index (χ0) is 9.23. The first-order valence-electron chi connectivity index (χ1n) is 4.69. The zero-order valence-corrected chi connectivity index (χ0v) is 8.08. The van der Waals surface area contributed by atoms with Gasteiger partial charge in [-0.05, 0) is 12.8 Å². The molecule has 0 heterocycles. The van der Waals surface area contributed by atoms with E-state index in [0.717, 1.165) is 12.8 Å². The molecule has 0 aliphatic heterocycles. The van der Waals surface area contributed by atoms with Crippen LogP contribution in [-0.4, -0.2) is 31.2 Å². The topological polar surface area (TPSA) is 38.7 Å². The van der Waals surface area contributed by atoms with Crippen molar-refractivity contribution in [1.82, 2.24) is 0 Å². The first kappa shape index (κ1) is 11.9. The minimum absolute atomic E-state index is 0.123. The van der Waals surface area contributed by atoms with Crippen molar-refractivity contribution in [3.8, 4) is 0 Å². The summed E-state index contributed by atoms with van der Waals surface area (Å²) < 4.78 is 10.7. The van der Waals surface area contributed by atoms with Gasteiger partial charge in [0.2, 0.25) is 0 Å². The van der Waals surface area contributed by atoms with Crippen LogP contribution in [0.5, 0.6) is 0 Å². The lowest BCUT2D eigenvalue weighted by atomic mass is 10.4. The van der Waals surface area contributed by atoms with E-state index < -0.39 is 0 Å². The quantitative estimate of drug-likeness (QED) is 0.570. The Hall–Kier alpha value is -0.120. The van der Waals surface area contributed by atoms with Crippen molar-refractivity contribution in [2.75, 3.05) is 19.8 Å². The van der Waals surface area contributed by atoms with E-state index in [1.807, 2.05) is 0 Å². The van der Waals surface area contributed by atoms with E-state index in [2.05, 4.69) is 13.8 Å². The summed E-state index contributed by atoms with van der Waals surface area (Å²) in [6.07, 6.45) is 2.32. The molecule has 0 rings (SSSR count). The van der Waals surface area contributed by atoms with E-state index in [1.54, 1.807) is 0 Å². The highest BCUT2D eigenvalue weighted by molar-refractivity contribution is 4.43. The normalized spacial score (nSPS) is 11.0. The van der Waals surface area contributed by atoms with Gasteiger partial charge in [0, 0.05) is 26.2 Å². The fourth-order valence-electron chi connectivity index (χ4n) is 0.819. The molecule has 0 aromatic carbocycles. The van der Waals surface area contributed by atoms with Crippen molar-refractivity contribution in [2.45, 2.75) is 39.4 Å². The van der Waals surface area contributed by atoms with Crippen molar-refractivity contribution >= 4 is 0 Å². The summed E-state index contributed by atoms with van der Waals surface area (Å²) in [6.45, 7) is 5.63. The van der Waals surface area contributed by atoms with Gasteiger partial charge in [0.1, 0.15) is 0 Å². The molecule has 0 fully saturated rings. The highest BCUT2D eigenvalue weighted by Crippen LogP contribution is 2.01. The largest absolute Gasteiger partial charge is 0.396 e. The predicted molar refractivity (Wildman–Crippen MR) is 48.0 cm³/mol. The summed E-state index contributed by atoms with van der Waals surface area (Å²) >= 11 is 0. The van der Waals surface area contributed by atoms with Crippen molar-refractivity contribution in [3.05, 3.63) is 0 Å². The van der Waals surface area contributed by atoms with Gasteiger partial charge >= 0.3 is 0 Å². The molecule has 0 saturated carbocycles. The van der Waals surface area contributed by atoms with Crippen LogP contribution in [0, 0.1) is 0 Å². The Morgan fingerprint density at radius 3 is 1.92 bits per heavy atom. The second-order valence-electron chi connectivity index (χ2n) is 2.68. The SMILES string of the molecule is CCCOC(CCO)OCCC. The molecule has 3 heteroatoms. The Balaban J connectivity index is 3.40. The van der Waals surface area contributed by atoms with Crippen LogP contribution >= 0.6 is 0 Å². The molecular weight excluding hydrogens is 156 g/mol. The van der Waals surface area contributed by atoms with Gasteiger partial charge in [-0.25, -0.2) is 0 Å². The Labute approximate surface area is 74.7 Å². The molecule has 0 aliphatic rings. The summed E-state index contributed by atoms with van der Waals surface area (Å²) in [5, 5.41) is 8.68. The predicted octanol–water partition coefficient (Wildman–Crippen LogP) is 1.55. The van der Waals surface area contributed by atoms with E-state index in [0.29, 0.717) is 19.6 Å². The number of hydrogen-bond acceptors (Lipinski definition) is 3. The van der Waals surface area contributed by atoms with Gasteiger partial charge in [-0.2, -0.15) is 0 Å². The number of aliphatic hydroxyl groups excluding tert-OH is 1. The van der Waals surface area contributed by atoms with Gasteiger partial charge in [0.15, 0.2) is 6.29 Å². The first-order valence-corrected chi connectivity index (χ1v) is 4.69. The molecule has 0 bridgehead atoms. The van der Waals surface area contributed by atoms with Crippen LogP contribution < -0.4 is 0 Å². The molecule has 74 valence electrons. The summed E-state index contributed by atoms with van der Waals surface area (Å²) in [7, 11) is 0. The number of rotatable bonds is 8. The molecule has 0 aromatic heterocycles. The third-order valence-electron chi connectivity index (χ3n) is 1.38. The highest BCUT2D eigenvalue weighted by atomic mass is 16.7. The molecule has 0 spiro atoms. The average Bonchev–Trinajstić information content (AvgIpc) is 2.10. The second-order valence-corrected chi connectivity index (χ2v) is 2.68. The number of aliphatic hydroxyl groups is 1. The molecule has 3 nitrogen and oxygen atoms in total. The van der Waals surface area contributed by atoms with E-state index >= 15 is 0 Å². The molecule has 0 saturated heterocycles. The lowest BCUT2D eigenvalue weighted by Crippen LogP contribution is -2.19. The van der Waals surface area contributed by atoms with Gasteiger partial charge in [0.25, 0.3) is 0 Å². The maximum Gasteiger partial charge on any atom is 0.159 e. The lowest BCUT2D eigenvalue weighted by molar-refractivity contribution is -0.149. The van der Waals surface area contributed by atoms with E-state index in [1.165, 1.54) is 0 Å². The van der Waals surface area contributed by atoms with Crippen molar-refractivity contribution in [3.63, 3.8) is 0 Å². The van der Waals surface area contributed by atoms with Crippen LogP contribution in [-0.2, 0) is 9.47 Å². The Morgan fingerprint density at radius 2 is 1.58 bits per heavy atom. The molecule has 0 atom stereocenters. The van der Waals surface area contributed by atoms with Crippen LogP contribution in [0.4, 0.5) is 0 Å². The fraction of sp³-hybridized carbons (Fsp3) is 1.00. The highest BCUT2D eigenvalue weighted by Gasteiger charge is 2.06. The summed E-state index contributed by atoms with van der Waals surface area (Å²) in [6, 6.07) is 0. The van der Waals surface area contributed by atoms with Crippen molar-refractivity contribution < 1.29 is 14.6 Å². The molecule has 0 radical (unpaired) electrons. The van der Waals surface area contributed by atoms with Gasteiger partial charge < -0.3 is 14.6 Å². The maximum absolute atomic E-state index is 8.68.